The van der Waals surface area contributed by atoms with Gasteiger partial charge in [0.15, 0.2) is 6.61 Å². The third-order valence-electron chi connectivity index (χ3n) is 4.88. The zero-order valence-corrected chi connectivity index (χ0v) is 18.5. The van der Waals surface area contributed by atoms with Gasteiger partial charge in [0.05, 0.1) is 7.11 Å². The third kappa shape index (κ3) is 6.79. The van der Waals surface area contributed by atoms with Crippen LogP contribution in [0.25, 0.3) is 0 Å². The maximum atomic E-state index is 13.0. The van der Waals surface area contributed by atoms with Gasteiger partial charge in [-0.2, -0.15) is 0 Å². The Morgan fingerprint density at radius 2 is 1.63 bits per heavy atom. The SMILES string of the molecule is COc1ccc(OCC(=O)N(Cc2ccccc2C)C(C)C(=O)NCC(C)C)cc1. The summed E-state index contributed by atoms with van der Waals surface area (Å²) in [6, 6.07) is 14.3. The number of amides is 2. The predicted molar refractivity (Wildman–Crippen MR) is 118 cm³/mol. The maximum Gasteiger partial charge on any atom is 0.261 e. The lowest BCUT2D eigenvalue weighted by Gasteiger charge is -2.29. The van der Waals surface area contributed by atoms with Crippen LogP contribution in [-0.2, 0) is 16.1 Å². The second-order valence-electron chi connectivity index (χ2n) is 7.73. The largest absolute Gasteiger partial charge is 0.497 e. The van der Waals surface area contributed by atoms with E-state index in [1.54, 1.807) is 43.2 Å². The second kappa shape index (κ2) is 11.2. The van der Waals surface area contributed by atoms with Crippen molar-refractivity contribution in [2.45, 2.75) is 40.3 Å². The summed E-state index contributed by atoms with van der Waals surface area (Å²) in [6.07, 6.45) is 0. The third-order valence-corrected chi connectivity index (χ3v) is 4.88. The molecule has 30 heavy (non-hydrogen) atoms. The number of nitrogens with zero attached hydrogens (tertiary/aromatic N) is 1. The minimum atomic E-state index is -0.615. The van der Waals surface area contributed by atoms with Crippen LogP contribution in [-0.4, -0.2) is 43.0 Å². The Bertz CT molecular complexity index is 833. The molecular formula is C24H32N2O4. The molecule has 0 spiro atoms. The molecule has 2 aromatic carbocycles. The van der Waals surface area contributed by atoms with Crippen LogP contribution in [0.1, 0.15) is 31.9 Å². The van der Waals surface area contributed by atoms with Crippen LogP contribution >= 0.6 is 0 Å². The number of methoxy groups -OCH3 is 1. The highest BCUT2D eigenvalue weighted by Crippen LogP contribution is 2.18. The van der Waals surface area contributed by atoms with E-state index < -0.39 is 6.04 Å². The van der Waals surface area contributed by atoms with Crippen LogP contribution in [0.15, 0.2) is 48.5 Å². The Morgan fingerprint density at radius 3 is 2.23 bits per heavy atom. The summed E-state index contributed by atoms with van der Waals surface area (Å²) in [7, 11) is 1.59. The van der Waals surface area contributed by atoms with Gasteiger partial charge in [0, 0.05) is 13.1 Å². The number of ether oxygens (including phenoxy) is 2. The van der Waals surface area contributed by atoms with Gasteiger partial charge in [-0.3, -0.25) is 9.59 Å². The van der Waals surface area contributed by atoms with Crippen molar-refractivity contribution in [2.75, 3.05) is 20.3 Å². The lowest BCUT2D eigenvalue weighted by molar-refractivity contribution is -0.142. The van der Waals surface area contributed by atoms with E-state index in [0.717, 1.165) is 11.1 Å². The Morgan fingerprint density at radius 1 is 1.00 bits per heavy atom. The molecule has 162 valence electrons. The summed E-state index contributed by atoms with van der Waals surface area (Å²) < 4.78 is 10.8. The first-order valence-corrected chi connectivity index (χ1v) is 10.2. The molecule has 6 nitrogen and oxygen atoms in total. The fraction of sp³-hybridized carbons (Fsp3) is 0.417. The highest BCUT2D eigenvalue weighted by atomic mass is 16.5. The van der Waals surface area contributed by atoms with Gasteiger partial charge >= 0.3 is 0 Å². The number of hydrogen-bond donors (Lipinski definition) is 1. The summed E-state index contributed by atoms with van der Waals surface area (Å²) in [4.78, 5) is 27.3. The molecule has 1 unspecified atom stereocenters. The molecule has 1 N–H and O–H groups in total. The first-order chi connectivity index (χ1) is 14.3. The number of nitrogens with one attached hydrogen (secondary N) is 1. The van der Waals surface area contributed by atoms with Crippen LogP contribution in [0.5, 0.6) is 11.5 Å². The Kier molecular flexibility index (Phi) is 8.71. The zero-order chi connectivity index (χ0) is 22.1. The molecular weight excluding hydrogens is 380 g/mol. The predicted octanol–water partition coefficient (Wildman–Crippen LogP) is 3.57. The van der Waals surface area contributed by atoms with Gasteiger partial charge in [0.1, 0.15) is 17.5 Å². The Hall–Kier alpha value is -3.02. The number of carbonyl (C=O) groups excluding carboxylic acids is 2. The van der Waals surface area contributed by atoms with Gasteiger partial charge in [0.2, 0.25) is 5.91 Å². The first-order valence-electron chi connectivity index (χ1n) is 10.2. The summed E-state index contributed by atoms with van der Waals surface area (Å²) in [5.74, 6) is 1.19. The molecule has 2 aromatic rings. The van der Waals surface area contributed by atoms with Gasteiger partial charge < -0.3 is 19.7 Å². The van der Waals surface area contributed by atoms with Gasteiger partial charge in [-0.15, -0.1) is 0 Å². The highest BCUT2D eigenvalue weighted by molar-refractivity contribution is 5.88. The van der Waals surface area contributed by atoms with E-state index in [4.69, 9.17) is 9.47 Å². The quantitative estimate of drug-likeness (QED) is 0.648. The Labute approximate surface area is 179 Å². The van der Waals surface area contributed by atoms with Gasteiger partial charge in [-0.1, -0.05) is 38.1 Å². The fourth-order valence-electron chi connectivity index (χ4n) is 2.91. The van der Waals surface area contributed by atoms with E-state index in [2.05, 4.69) is 5.32 Å². The van der Waals surface area contributed by atoms with E-state index >= 15 is 0 Å². The van der Waals surface area contributed by atoms with Crippen molar-refractivity contribution < 1.29 is 19.1 Å². The van der Waals surface area contributed by atoms with Crippen molar-refractivity contribution >= 4 is 11.8 Å². The molecule has 0 aliphatic rings. The molecule has 1 atom stereocenters. The molecule has 0 aliphatic heterocycles. The highest BCUT2D eigenvalue weighted by Gasteiger charge is 2.26. The monoisotopic (exact) mass is 412 g/mol. The van der Waals surface area contributed by atoms with E-state index in [1.807, 2.05) is 45.0 Å². The number of rotatable bonds is 10. The topological polar surface area (TPSA) is 67.9 Å². The average Bonchev–Trinajstić information content (AvgIpc) is 2.75. The van der Waals surface area contributed by atoms with Crippen molar-refractivity contribution in [1.82, 2.24) is 10.2 Å². The minimum absolute atomic E-state index is 0.153. The first kappa shape index (κ1) is 23.3. The standard InChI is InChI=1S/C24H32N2O4/c1-17(2)14-25-24(28)19(4)26(15-20-9-7-6-8-18(20)3)23(27)16-30-22-12-10-21(29-5)11-13-22/h6-13,17,19H,14-16H2,1-5H3,(H,25,28). The number of carbonyl (C=O) groups is 2. The summed E-state index contributed by atoms with van der Waals surface area (Å²) >= 11 is 0. The van der Waals surface area contributed by atoms with Crippen molar-refractivity contribution in [3.8, 4) is 11.5 Å². The van der Waals surface area contributed by atoms with Crippen LogP contribution in [0.3, 0.4) is 0 Å². The van der Waals surface area contributed by atoms with Gasteiger partial charge in [0.25, 0.3) is 5.91 Å². The van der Waals surface area contributed by atoms with Crippen molar-refractivity contribution in [3.05, 3.63) is 59.7 Å². The normalized spacial score (nSPS) is 11.7. The van der Waals surface area contributed by atoms with Gasteiger partial charge in [-0.05, 0) is 55.2 Å². The minimum Gasteiger partial charge on any atom is -0.497 e. The molecule has 2 rings (SSSR count). The van der Waals surface area contributed by atoms with Gasteiger partial charge in [-0.25, -0.2) is 0 Å². The van der Waals surface area contributed by atoms with E-state index in [9.17, 15) is 9.59 Å². The maximum absolute atomic E-state index is 13.0. The Balaban J connectivity index is 2.12. The average molecular weight is 413 g/mol. The van der Waals surface area contributed by atoms with Crippen LogP contribution in [0, 0.1) is 12.8 Å². The molecule has 0 heterocycles. The molecule has 6 heteroatoms. The molecule has 2 amide bonds. The van der Waals surface area contributed by atoms with E-state index in [0.29, 0.717) is 30.5 Å². The number of benzene rings is 2. The summed E-state index contributed by atoms with van der Waals surface area (Å²) in [5, 5.41) is 2.92. The zero-order valence-electron chi connectivity index (χ0n) is 18.5. The van der Waals surface area contributed by atoms with Crippen molar-refractivity contribution in [3.63, 3.8) is 0 Å². The molecule has 0 saturated carbocycles. The molecule has 0 aliphatic carbocycles. The van der Waals surface area contributed by atoms with Crippen molar-refractivity contribution in [1.29, 1.82) is 0 Å². The lowest BCUT2D eigenvalue weighted by Crippen LogP contribution is -2.49. The van der Waals surface area contributed by atoms with E-state index in [-0.39, 0.29) is 18.4 Å². The second-order valence-corrected chi connectivity index (χ2v) is 7.73. The van der Waals surface area contributed by atoms with Crippen molar-refractivity contribution in [2.24, 2.45) is 5.92 Å². The number of aryl methyl sites for hydroxylation is 1. The lowest BCUT2D eigenvalue weighted by atomic mass is 10.1. The molecule has 0 saturated heterocycles. The van der Waals surface area contributed by atoms with Crippen LogP contribution in [0.2, 0.25) is 0 Å². The smallest absolute Gasteiger partial charge is 0.261 e. The molecule has 0 fully saturated rings. The molecule has 0 radical (unpaired) electrons. The van der Waals surface area contributed by atoms with Crippen LogP contribution < -0.4 is 14.8 Å². The van der Waals surface area contributed by atoms with Crippen LogP contribution in [0.4, 0.5) is 0 Å². The molecule has 0 aromatic heterocycles. The fourth-order valence-corrected chi connectivity index (χ4v) is 2.91. The van der Waals surface area contributed by atoms with E-state index in [1.165, 1.54) is 0 Å². The molecule has 0 bridgehead atoms. The summed E-state index contributed by atoms with van der Waals surface area (Å²) in [5.41, 5.74) is 2.07. The summed E-state index contributed by atoms with van der Waals surface area (Å²) in [6.45, 7) is 8.56. The number of hydrogen-bond acceptors (Lipinski definition) is 4.